The number of aromatic nitrogens is 3. The zero-order chi connectivity index (χ0) is 15.8. The number of halogens is 4. The minimum absolute atomic E-state index is 0.0588. The fourth-order valence-corrected chi connectivity index (χ4v) is 1.78. The number of ether oxygens (including phenoxy) is 1. The van der Waals surface area contributed by atoms with Gasteiger partial charge in [-0.1, -0.05) is 11.6 Å². The van der Waals surface area contributed by atoms with Crippen molar-refractivity contribution in [2.24, 2.45) is 0 Å². The van der Waals surface area contributed by atoms with E-state index in [2.05, 4.69) is 9.97 Å². The summed E-state index contributed by atoms with van der Waals surface area (Å²) in [6.07, 6.45) is -2.31. The van der Waals surface area contributed by atoms with E-state index in [-0.39, 0.29) is 16.9 Å². The third kappa shape index (κ3) is 2.92. The second kappa shape index (κ2) is 5.24. The number of alkyl halides is 3. The monoisotopic (exact) mass is 321 g/mol. The highest BCUT2D eigenvalue weighted by Gasteiger charge is 2.37. The molecular formula is C11H7ClF3N3O3. The Balaban J connectivity index is 2.63. The van der Waals surface area contributed by atoms with Crippen LogP contribution >= 0.6 is 11.6 Å². The molecule has 0 bridgehead atoms. The maximum absolute atomic E-state index is 12.8. The maximum Gasteiger partial charge on any atom is 0.418 e. The third-order valence-electron chi connectivity index (χ3n) is 2.49. The van der Waals surface area contributed by atoms with Gasteiger partial charge in [0.25, 0.3) is 0 Å². The van der Waals surface area contributed by atoms with Crippen molar-refractivity contribution < 1.29 is 27.8 Å². The second-order valence-corrected chi connectivity index (χ2v) is 4.23. The molecule has 0 aliphatic rings. The molecule has 0 aliphatic heterocycles. The van der Waals surface area contributed by atoms with Crippen LogP contribution in [-0.4, -0.2) is 32.7 Å². The predicted octanol–water partition coefficient (Wildman–Crippen LogP) is 2.65. The number of carboxylic acid groups (broad SMARTS) is 1. The van der Waals surface area contributed by atoms with Gasteiger partial charge >= 0.3 is 18.2 Å². The van der Waals surface area contributed by atoms with Crippen molar-refractivity contribution >= 4 is 17.6 Å². The number of hydrogen-bond acceptors (Lipinski definition) is 4. The summed E-state index contributed by atoms with van der Waals surface area (Å²) >= 11 is 5.81. The van der Waals surface area contributed by atoms with Crippen LogP contribution in [0.2, 0.25) is 5.02 Å². The quantitative estimate of drug-likeness (QED) is 0.940. The van der Waals surface area contributed by atoms with Crippen LogP contribution in [0, 0.1) is 0 Å². The van der Waals surface area contributed by atoms with Gasteiger partial charge in [0, 0.05) is 12.4 Å². The van der Waals surface area contributed by atoms with Crippen LogP contribution in [0.3, 0.4) is 0 Å². The Labute approximate surface area is 120 Å². The lowest BCUT2D eigenvalue weighted by Crippen LogP contribution is -2.09. The molecule has 0 unspecified atom stereocenters. The molecule has 21 heavy (non-hydrogen) atoms. The number of aromatic carboxylic acids is 1. The molecule has 0 aromatic carbocycles. The van der Waals surface area contributed by atoms with Crippen LogP contribution in [0.4, 0.5) is 13.2 Å². The summed E-state index contributed by atoms with van der Waals surface area (Å²) in [7, 11) is 1.27. The van der Waals surface area contributed by atoms with Gasteiger partial charge in [-0.25, -0.2) is 9.78 Å². The lowest BCUT2D eigenvalue weighted by molar-refractivity contribution is -0.138. The Hall–Kier alpha value is -2.29. The van der Waals surface area contributed by atoms with E-state index in [0.717, 1.165) is 17.0 Å². The van der Waals surface area contributed by atoms with Crippen molar-refractivity contribution in [3.63, 3.8) is 0 Å². The van der Waals surface area contributed by atoms with Gasteiger partial charge in [-0.15, -0.1) is 0 Å². The second-order valence-electron chi connectivity index (χ2n) is 3.82. The number of hydrogen-bond donors (Lipinski definition) is 1. The minimum atomic E-state index is -4.82. The topological polar surface area (TPSA) is 77.2 Å². The Morgan fingerprint density at radius 1 is 1.43 bits per heavy atom. The van der Waals surface area contributed by atoms with E-state index >= 15 is 0 Å². The molecule has 112 valence electrons. The van der Waals surface area contributed by atoms with Crippen molar-refractivity contribution in [3.8, 4) is 11.8 Å². The summed E-state index contributed by atoms with van der Waals surface area (Å²) in [6.45, 7) is 0. The maximum atomic E-state index is 12.8. The molecule has 0 saturated heterocycles. The van der Waals surface area contributed by atoms with Crippen LogP contribution < -0.4 is 4.74 Å². The molecule has 0 aliphatic carbocycles. The highest BCUT2D eigenvalue weighted by Crippen LogP contribution is 2.34. The first-order valence-corrected chi connectivity index (χ1v) is 5.71. The normalized spacial score (nSPS) is 11.5. The standard InChI is InChI=1S/C11H7ClF3N3O3/c1-21-10-16-2-7(12)8(17-10)18-3-5(9(19)20)6(4-18)11(13,14)15/h2-4H,1H3,(H,19,20). The van der Waals surface area contributed by atoms with Gasteiger partial charge in [0.2, 0.25) is 0 Å². The molecule has 2 aromatic rings. The van der Waals surface area contributed by atoms with Crippen LogP contribution in [0.5, 0.6) is 6.01 Å². The molecule has 0 radical (unpaired) electrons. The summed E-state index contributed by atoms with van der Waals surface area (Å²) in [5.74, 6) is -1.83. The van der Waals surface area contributed by atoms with E-state index in [1.807, 2.05) is 0 Å². The first-order chi connectivity index (χ1) is 9.74. The fraction of sp³-hybridized carbons (Fsp3) is 0.182. The van der Waals surface area contributed by atoms with E-state index in [9.17, 15) is 18.0 Å². The van der Waals surface area contributed by atoms with Gasteiger partial charge in [-0.05, 0) is 0 Å². The third-order valence-corrected chi connectivity index (χ3v) is 2.76. The molecule has 6 nitrogen and oxygen atoms in total. The summed E-state index contributed by atoms with van der Waals surface area (Å²) in [4.78, 5) is 18.4. The molecule has 2 heterocycles. The van der Waals surface area contributed by atoms with Gasteiger partial charge < -0.3 is 14.4 Å². The number of methoxy groups -OCH3 is 1. The lowest BCUT2D eigenvalue weighted by atomic mass is 10.2. The highest BCUT2D eigenvalue weighted by molar-refractivity contribution is 6.32. The minimum Gasteiger partial charge on any atom is -0.478 e. The SMILES string of the molecule is COc1ncc(Cl)c(-n2cc(C(=O)O)c(C(F)(F)F)c2)n1. The van der Waals surface area contributed by atoms with Gasteiger partial charge in [-0.3, -0.25) is 0 Å². The first kappa shape index (κ1) is 15.1. The number of carbonyl (C=O) groups is 1. The first-order valence-electron chi connectivity index (χ1n) is 5.33. The predicted molar refractivity (Wildman–Crippen MR) is 64.9 cm³/mol. The Morgan fingerprint density at radius 3 is 2.57 bits per heavy atom. The summed E-state index contributed by atoms with van der Waals surface area (Å²) in [5.41, 5.74) is -2.21. The summed E-state index contributed by atoms with van der Waals surface area (Å²) in [6, 6.07) is -0.117. The molecule has 2 aromatic heterocycles. The zero-order valence-electron chi connectivity index (χ0n) is 10.3. The highest BCUT2D eigenvalue weighted by atomic mass is 35.5. The number of nitrogens with zero attached hydrogens (tertiary/aromatic N) is 3. The molecule has 0 amide bonds. The molecule has 2 rings (SSSR count). The molecular weight excluding hydrogens is 315 g/mol. The number of carboxylic acids is 1. The molecule has 0 spiro atoms. The van der Waals surface area contributed by atoms with Crippen LogP contribution in [0.1, 0.15) is 15.9 Å². The zero-order valence-corrected chi connectivity index (χ0v) is 11.1. The van der Waals surface area contributed by atoms with E-state index < -0.39 is 23.3 Å². The molecule has 0 atom stereocenters. The Kier molecular flexibility index (Phi) is 3.77. The summed E-state index contributed by atoms with van der Waals surface area (Å²) in [5, 5.41) is 8.80. The molecule has 0 fully saturated rings. The van der Waals surface area contributed by atoms with Gasteiger partial charge in [0.15, 0.2) is 5.82 Å². The average Bonchev–Trinajstić information content (AvgIpc) is 2.84. The molecule has 10 heteroatoms. The molecule has 1 N–H and O–H groups in total. The van der Waals surface area contributed by atoms with Crippen molar-refractivity contribution in [2.45, 2.75) is 6.18 Å². The van der Waals surface area contributed by atoms with Gasteiger partial charge in [0.05, 0.1) is 24.4 Å². The van der Waals surface area contributed by atoms with Crippen LogP contribution in [-0.2, 0) is 6.18 Å². The summed E-state index contributed by atoms with van der Waals surface area (Å²) < 4.78 is 44.1. The lowest BCUT2D eigenvalue weighted by Gasteiger charge is -2.06. The van der Waals surface area contributed by atoms with Crippen molar-refractivity contribution in [1.29, 1.82) is 0 Å². The number of rotatable bonds is 3. The van der Waals surface area contributed by atoms with Crippen LogP contribution in [0.25, 0.3) is 5.82 Å². The smallest absolute Gasteiger partial charge is 0.418 e. The van der Waals surface area contributed by atoms with E-state index in [1.54, 1.807) is 0 Å². The van der Waals surface area contributed by atoms with Gasteiger partial charge in [-0.2, -0.15) is 18.2 Å². The van der Waals surface area contributed by atoms with E-state index in [4.69, 9.17) is 21.4 Å². The van der Waals surface area contributed by atoms with Crippen molar-refractivity contribution in [1.82, 2.24) is 14.5 Å². The van der Waals surface area contributed by atoms with Crippen molar-refractivity contribution in [2.75, 3.05) is 7.11 Å². The largest absolute Gasteiger partial charge is 0.478 e. The van der Waals surface area contributed by atoms with Crippen molar-refractivity contribution in [3.05, 3.63) is 34.7 Å². The fourth-order valence-electron chi connectivity index (χ4n) is 1.60. The van der Waals surface area contributed by atoms with Crippen LogP contribution in [0.15, 0.2) is 18.6 Å². The Morgan fingerprint density at radius 2 is 2.10 bits per heavy atom. The van der Waals surface area contributed by atoms with E-state index in [0.29, 0.717) is 6.20 Å². The molecule has 0 saturated carbocycles. The Bertz CT molecular complexity index is 700. The van der Waals surface area contributed by atoms with E-state index in [1.165, 1.54) is 7.11 Å². The average molecular weight is 322 g/mol. The van der Waals surface area contributed by atoms with Gasteiger partial charge in [0.1, 0.15) is 5.02 Å².